The van der Waals surface area contributed by atoms with Crippen LogP contribution in [0, 0.1) is 9.49 Å². The second-order valence-corrected chi connectivity index (χ2v) is 5.39. The van der Waals surface area contributed by atoms with Crippen molar-refractivity contribution in [3.8, 4) is 0 Å². The van der Waals surface area contributed by atoms with Gasteiger partial charge >= 0.3 is 0 Å². The first-order valence-corrected chi connectivity index (χ1v) is 6.38. The lowest BCUT2D eigenvalue weighted by molar-refractivity contribution is -0.122. The third kappa shape index (κ3) is 2.64. The Morgan fingerprint density at radius 2 is 2.20 bits per heavy atom. The van der Waals surface area contributed by atoms with Crippen molar-refractivity contribution in [3.63, 3.8) is 0 Å². The second kappa shape index (κ2) is 4.70. The van der Waals surface area contributed by atoms with Crippen LogP contribution in [0.5, 0.6) is 0 Å². The van der Waals surface area contributed by atoms with E-state index in [-0.39, 0.29) is 11.8 Å². The van der Waals surface area contributed by atoms with E-state index in [2.05, 4.69) is 27.9 Å². The third-order valence-electron chi connectivity index (χ3n) is 2.66. The summed E-state index contributed by atoms with van der Waals surface area (Å²) in [5, 5.41) is 3.47. The quantitative estimate of drug-likeness (QED) is 0.821. The highest BCUT2D eigenvalue weighted by molar-refractivity contribution is 14.1. The normalized spacial score (nSPS) is 15.9. The zero-order valence-corrected chi connectivity index (χ0v) is 11.0. The lowest BCUT2D eigenvalue weighted by Gasteiger charge is -2.24. The van der Waals surface area contributed by atoms with Gasteiger partial charge in [0.2, 0.25) is 5.91 Å². The highest BCUT2D eigenvalue weighted by atomic mass is 127. The predicted molar refractivity (Wildman–Crippen MR) is 70.1 cm³/mol. The van der Waals surface area contributed by atoms with E-state index in [1.165, 1.54) is 6.42 Å². The van der Waals surface area contributed by atoms with E-state index in [1.54, 1.807) is 0 Å². The van der Waals surface area contributed by atoms with Gasteiger partial charge in [0.05, 0.1) is 10.7 Å². The first-order chi connectivity index (χ1) is 7.16. The van der Waals surface area contributed by atoms with E-state index in [4.69, 9.17) is 11.6 Å². The number of hydrogen-bond acceptors (Lipinski definition) is 1. The van der Waals surface area contributed by atoms with Crippen LogP contribution >= 0.6 is 34.2 Å². The topological polar surface area (TPSA) is 29.1 Å². The minimum atomic E-state index is 0.101. The van der Waals surface area contributed by atoms with Gasteiger partial charge in [-0.2, -0.15) is 0 Å². The van der Waals surface area contributed by atoms with Crippen molar-refractivity contribution in [2.75, 3.05) is 5.32 Å². The summed E-state index contributed by atoms with van der Waals surface area (Å²) in [5.41, 5.74) is 0.717. The van der Waals surface area contributed by atoms with Crippen LogP contribution in [0.15, 0.2) is 18.2 Å². The van der Waals surface area contributed by atoms with Gasteiger partial charge in [-0.15, -0.1) is 0 Å². The third-order valence-corrected chi connectivity index (χ3v) is 3.65. The minimum Gasteiger partial charge on any atom is -0.325 e. The smallest absolute Gasteiger partial charge is 0.227 e. The second-order valence-electron chi connectivity index (χ2n) is 3.74. The molecule has 1 aromatic carbocycles. The van der Waals surface area contributed by atoms with Gasteiger partial charge < -0.3 is 5.32 Å². The van der Waals surface area contributed by atoms with E-state index >= 15 is 0 Å². The molecular weight excluding hydrogens is 324 g/mol. The summed E-state index contributed by atoms with van der Waals surface area (Å²) in [4.78, 5) is 11.7. The summed E-state index contributed by atoms with van der Waals surface area (Å²) in [6, 6.07) is 5.63. The van der Waals surface area contributed by atoms with Gasteiger partial charge in [-0.05, 0) is 53.6 Å². The Kier molecular flexibility index (Phi) is 3.51. The molecule has 80 valence electrons. The highest BCUT2D eigenvalue weighted by Gasteiger charge is 2.25. The Bertz CT molecular complexity index is 390. The number of carbonyl (C=O) groups excluding carboxylic acids is 1. The van der Waals surface area contributed by atoms with E-state index in [9.17, 15) is 4.79 Å². The Balaban J connectivity index is 2.06. The van der Waals surface area contributed by atoms with E-state index in [0.29, 0.717) is 10.7 Å². The Morgan fingerprint density at radius 3 is 2.73 bits per heavy atom. The maximum absolute atomic E-state index is 11.7. The number of benzene rings is 1. The zero-order valence-electron chi connectivity index (χ0n) is 8.09. The van der Waals surface area contributed by atoms with E-state index in [0.717, 1.165) is 16.4 Å². The predicted octanol–water partition coefficient (Wildman–Crippen LogP) is 3.68. The number of hydrogen-bond donors (Lipinski definition) is 1. The van der Waals surface area contributed by atoms with Crippen molar-refractivity contribution in [2.45, 2.75) is 19.3 Å². The summed E-state index contributed by atoms with van der Waals surface area (Å²) in [6.45, 7) is 0. The molecule has 0 bridgehead atoms. The molecule has 0 unspecified atom stereocenters. The monoisotopic (exact) mass is 335 g/mol. The van der Waals surface area contributed by atoms with Crippen LogP contribution in [0.4, 0.5) is 5.69 Å². The average molecular weight is 336 g/mol. The van der Waals surface area contributed by atoms with Crippen LogP contribution in [-0.4, -0.2) is 5.91 Å². The number of amides is 1. The Labute approximate surface area is 108 Å². The van der Waals surface area contributed by atoms with Crippen LogP contribution < -0.4 is 5.32 Å². The molecule has 1 amide bonds. The van der Waals surface area contributed by atoms with Crippen molar-refractivity contribution in [2.24, 2.45) is 5.92 Å². The molecule has 1 aromatic rings. The molecular formula is C11H11ClINO. The Hall–Kier alpha value is -0.290. The molecule has 0 aliphatic heterocycles. The first-order valence-electron chi connectivity index (χ1n) is 4.93. The molecule has 0 heterocycles. The van der Waals surface area contributed by atoms with Crippen LogP contribution in [-0.2, 0) is 4.79 Å². The summed E-state index contributed by atoms with van der Waals surface area (Å²) in [7, 11) is 0. The summed E-state index contributed by atoms with van der Waals surface area (Å²) < 4.78 is 1.07. The van der Waals surface area contributed by atoms with Gasteiger partial charge in [0.1, 0.15) is 0 Å². The van der Waals surface area contributed by atoms with Gasteiger partial charge in [-0.25, -0.2) is 0 Å². The molecule has 0 atom stereocenters. The summed E-state index contributed by atoms with van der Waals surface area (Å²) in [6.07, 6.45) is 3.18. The average Bonchev–Trinajstić information content (AvgIpc) is 2.07. The molecule has 1 aliphatic rings. The molecule has 1 saturated carbocycles. The number of carbonyl (C=O) groups is 1. The molecule has 4 heteroatoms. The van der Waals surface area contributed by atoms with Gasteiger partial charge in [0.25, 0.3) is 0 Å². The highest BCUT2D eigenvalue weighted by Crippen LogP contribution is 2.29. The van der Waals surface area contributed by atoms with Crippen LogP contribution in [0.2, 0.25) is 5.02 Å². The molecule has 1 fully saturated rings. The van der Waals surface area contributed by atoms with Crippen molar-refractivity contribution < 1.29 is 4.79 Å². The first kappa shape index (κ1) is 11.2. The molecule has 2 rings (SSSR count). The lowest BCUT2D eigenvalue weighted by atomic mass is 9.85. The summed E-state index contributed by atoms with van der Waals surface area (Å²) >= 11 is 8.21. The SMILES string of the molecule is O=C(Nc1ccc(I)cc1Cl)C1CCC1. The summed E-state index contributed by atoms with van der Waals surface area (Å²) in [5.74, 6) is 0.296. The van der Waals surface area contributed by atoms with Crippen molar-refractivity contribution >= 4 is 45.8 Å². The van der Waals surface area contributed by atoms with Crippen molar-refractivity contribution in [1.82, 2.24) is 0 Å². The Morgan fingerprint density at radius 1 is 1.47 bits per heavy atom. The lowest BCUT2D eigenvalue weighted by Crippen LogP contribution is -2.28. The van der Waals surface area contributed by atoms with Gasteiger partial charge in [-0.1, -0.05) is 18.0 Å². The fraction of sp³-hybridized carbons (Fsp3) is 0.364. The maximum Gasteiger partial charge on any atom is 0.227 e. The van der Waals surface area contributed by atoms with Gasteiger partial charge in [0.15, 0.2) is 0 Å². The fourth-order valence-corrected chi connectivity index (χ4v) is 2.40. The molecule has 0 aromatic heterocycles. The largest absolute Gasteiger partial charge is 0.325 e. The number of anilines is 1. The number of halogens is 2. The van der Waals surface area contributed by atoms with Gasteiger partial charge in [0, 0.05) is 9.49 Å². The van der Waals surface area contributed by atoms with Gasteiger partial charge in [-0.3, -0.25) is 4.79 Å². The van der Waals surface area contributed by atoms with Crippen molar-refractivity contribution in [3.05, 3.63) is 26.8 Å². The van der Waals surface area contributed by atoms with E-state index < -0.39 is 0 Å². The molecule has 1 N–H and O–H groups in total. The van der Waals surface area contributed by atoms with Crippen molar-refractivity contribution in [1.29, 1.82) is 0 Å². The minimum absolute atomic E-state index is 0.101. The number of nitrogens with one attached hydrogen (secondary N) is 1. The van der Waals surface area contributed by atoms with Crippen LogP contribution in [0.3, 0.4) is 0 Å². The molecule has 0 saturated heterocycles. The molecule has 1 aliphatic carbocycles. The van der Waals surface area contributed by atoms with Crippen LogP contribution in [0.25, 0.3) is 0 Å². The molecule has 2 nitrogen and oxygen atoms in total. The van der Waals surface area contributed by atoms with Crippen LogP contribution in [0.1, 0.15) is 19.3 Å². The number of rotatable bonds is 2. The molecule has 15 heavy (non-hydrogen) atoms. The fourth-order valence-electron chi connectivity index (χ4n) is 1.50. The molecule has 0 radical (unpaired) electrons. The zero-order chi connectivity index (χ0) is 10.8. The molecule has 0 spiro atoms. The maximum atomic E-state index is 11.7. The van der Waals surface area contributed by atoms with E-state index in [1.807, 2.05) is 18.2 Å². The standard InChI is InChI=1S/C11H11ClINO/c12-9-6-8(13)4-5-10(9)14-11(15)7-2-1-3-7/h4-7H,1-3H2,(H,14,15).